The van der Waals surface area contributed by atoms with E-state index in [1.165, 1.54) is 55.9 Å². The van der Waals surface area contributed by atoms with Gasteiger partial charge in [-0.05, 0) is 66.8 Å². The number of nitrogens with one attached hydrogen (secondary N) is 1. The van der Waals surface area contributed by atoms with Crippen LogP contribution in [-0.2, 0) is 56.0 Å². The van der Waals surface area contributed by atoms with Crippen LogP contribution in [0.2, 0.25) is 0 Å². The molecule has 2 aromatic carbocycles. The highest BCUT2D eigenvalue weighted by Crippen LogP contribution is 2.26. The van der Waals surface area contributed by atoms with E-state index in [2.05, 4.69) is 38.7 Å². The van der Waals surface area contributed by atoms with Gasteiger partial charge in [0.25, 0.3) is 12.2 Å². The summed E-state index contributed by atoms with van der Waals surface area (Å²) in [6.07, 6.45) is 1.99. The fourth-order valence-corrected chi connectivity index (χ4v) is 5.47. The lowest BCUT2D eigenvalue weighted by molar-refractivity contribution is -0.282. The number of methoxy groups -OCH3 is 1. The number of fused-ring (bicyclic) bond motifs is 1. The Morgan fingerprint density at radius 3 is 2.24 bits per heavy atom. The standard InChI is InChI=1S/C35H42N6O9/c1-22(47-23(2)42)32(50-34(46-5)35(48-24(3)43)49-25(4)44)21-41-20-30(38-39-41)19-37-33(45)29(18-36)16-26-9-10-28-17-31(12-11-27(28)15-26)40-13-7-6-8-14-40/h9-12,15-17,20,22,32,34-35H,6-8,13-14,19,21H2,1-5H3,(H,37,45)/b29-16+. The Kier molecular flexibility index (Phi) is 13.4. The van der Waals surface area contributed by atoms with Gasteiger partial charge in [-0.25, -0.2) is 4.68 Å². The largest absolute Gasteiger partial charge is 0.460 e. The van der Waals surface area contributed by atoms with Crippen LogP contribution in [0.25, 0.3) is 16.8 Å². The highest BCUT2D eigenvalue weighted by atomic mass is 16.8. The Morgan fingerprint density at radius 1 is 0.940 bits per heavy atom. The third-order valence-electron chi connectivity index (χ3n) is 7.83. The smallest absolute Gasteiger partial charge is 0.305 e. The van der Waals surface area contributed by atoms with E-state index in [0.717, 1.165) is 37.7 Å². The van der Waals surface area contributed by atoms with Crippen molar-refractivity contribution in [3.63, 3.8) is 0 Å². The summed E-state index contributed by atoms with van der Waals surface area (Å²) in [6, 6.07) is 14.1. The second-order valence-electron chi connectivity index (χ2n) is 11.8. The molecular weight excluding hydrogens is 648 g/mol. The first-order chi connectivity index (χ1) is 23.9. The van der Waals surface area contributed by atoms with Crippen LogP contribution in [0.3, 0.4) is 0 Å². The fraction of sp³-hybridized carbons (Fsp3) is 0.457. The van der Waals surface area contributed by atoms with E-state index in [-0.39, 0.29) is 18.7 Å². The molecule has 1 aromatic heterocycles. The number of nitrogens with zero attached hydrogens (tertiary/aromatic N) is 5. The van der Waals surface area contributed by atoms with Gasteiger partial charge in [-0.2, -0.15) is 5.26 Å². The molecule has 3 aromatic rings. The number of carbonyl (C=O) groups excluding carboxylic acids is 4. The lowest BCUT2D eigenvalue weighted by atomic mass is 10.0. The summed E-state index contributed by atoms with van der Waals surface area (Å²) in [5.74, 6) is -2.66. The maximum absolute atomic E-state index is 13.0. The number of nitriles is 1. The van der Waals surface area contributed by atoms with Crippen LogP contribution < -0.4 is 10.2 Å². The summed E-state index contributed by atoms with van der Waals surface area (Å²) in [5, 5.41) is 22.7. The zero-order valence-corrected chi connectivity index (χ0v) is 28.8. The zero-order valence-electron chi connectivity index (χ0n) is 28.8. The van der Waals surface area contributed by atoms with Gasteiger partial charge in [0.2, 0.25) is 6.29 Å². The maximum Gasteiger partial charge on any atom is 0.305 e. The monoisotopic (exact) mass is 690 g/mol. The molecular formula is C35H42N6O9. The lowest BCUT2D eigenvalue weighted by Gasteiger charge is -2.30. The molecule has 1 amide bonds. The highest BCUT2D eigenvalue weighted by Gasteiger charge is 2.34. The minimum Gasteiger partial charge on any atom is -0.460 e. The van der Waals surface area contributed by atoms with Gasteiger partial charge >= 0.3 is 17.9 Å². The fourth-order valence-electron chi connectivity index (χ4n) is 5.47. The first kappa shape index (κ1) is 37.5. The topological polar surface area (TPSA) is 184 Å². The molecule has 4 rings (SSSR count). The van der Waals surface area contributed by atoms with E-state index < -0.39 is 48.6 Å². The summed E-state index contributed by atoms with van der Waals surface area (Å²) in [4.78, 5) is 50.3. The summed E-state index contributed by atoms with van der Waals surface area (Å²) < 4.78 is 28.0. The molecule has 1 aliphatic heterocycles. The molecule has 0 saturated carbocycles. The summed E-state index contributed by atoms with van der Waals surface area (Å²) in [5.41, 5.74) is 2.20. The van der Waals surface area contributed by atoms with E-state index in [1.807, 2.05) is 24.3 Å². The minimum atomic E-state index is -1.54. The first-order valence-electron chi connectivity index (χ1n) is 16.2. The SMILES string of the molecule is COC(OC(Cn1cc(CNC(=O)/C(C#N)=C/c2ccc3cc(N4CCCCC4)ccc3c2)nn1)C(C)OC(C)=O)C(OC(C)=O)OC(C)=O. The number of amides is 1. The number of piperidine rings is 1. The van der Waals surface area contributed by atoms with Crippen LogP contribution >= 0.6 is 0 Å². The van der Waals surface area contributed by atoms with Gasteiger partial charge in [-0.15, -0.1) is 5.10 Å². The average molecular weight is 691 g/mol. The minimum absolute atomic E-state index is 0.0348. The Hall–Kier alpha value is -5.33. The molecule has 15 nitrogen and oxygen atoms in total. The Morgan fingerprint density at radius 2 is 1.60 bits per heavy atom. The molecule has 0 radical (unpaired) electrons. The van der Waals surface area contributed by atoms with Crippen LogP contribution in [0.1, 0.15) is 58.2 Å². The number of ether oxygens (including phenoxy) is 5. The molecule has 50 heavy (non-hydrogen) atoms. The number of rotatable bonds is 15. The van der Waals surface area contributed by atoms with Gasteiger partial charge in [-0.3, -0.25) is 19.2 Å². The average Bonchev–Trinajstić information content (AvgIpc) is 3.54. The molecule has 266 valence electrons. The molecule has 3 atom stereocenters. The van der Waals surface area contributed by atoms with Crippen molar-refractivity contribution in [2.45, 2.75) is 84.8 Å². The molecule has 0 spiro atoms. The molecule has 1 fully saturated rings. The quantitative estimate of drug-likeness (QED) is 0.106. The van der Waals surface area contributed by atoms with Crippen molar-refractivity contribution in [2.24, 2.45) is 0 Å². The summed E-state index contributed by atoms with van der Waals surface area (Å²) in [6.45, 7) is 7.09. The molecule has 15 heteroatoms. The molecule has 0 aliphatic carbocycles. The van der Waals surface area contributed by atoms with Crippen LogP contribution in [-0.4, -0.2) is 83.8 Å². The molecule has 3 unspecified atom stereocenters. The third-order valence-corrected chi connectivity index (χ3v) is 7.83. The zero-order chi connectivity index (χ0) is 36.2. The number of benzene rings is 2. The van der Waals surface area contributed by atoms with Crippen molar-refractivity contribution < 1.29 is 42.9 Å². The van der Waals surface area contributed by atoms with Gasteiger partial charge in [0.1, 0.15) is 29.5 Å². The summed E-state index contributed by atoms with van der Waals surface area (Å²) >= 11 is 0. The van der Waals surface area contributed by atoms with Crippen molar-refractivity contribution in [3.8, 4) is 6.07 Å². The number of aromatic nitrogens is 3. The number of carbonyl (C=O) groups is 4. The number of hydrogen-bond acceptors (Lipinski definition) is 13. The van der Waals surface area contributed by atoms with Gasteiger partial charge in [0.15, 0.2) is 0 Å². The number of anilines is 1. The Labute approximate surface area is 290 Å². The van der Waals surface area contributed by atoms with Crippen molar-refractivity contribution >= 4 is 46.4 Å². The van der Waals surface area contributed by atoms with Crippen LogP contribution in [0, 0.1) is 11.3 Å². The van der Waals surface area contributed by atoms with Crippen molar-refractivity contribution in [3.05, 3.63) is 59.4 Å². The molecule has 1 saturated heterocycles. The van der Waals surface area contributed by atoms with Crippen molar-refractivity contribution in [1.82, 2.24) is 20.3 Å². The van der Waals surface area contributed by atoms with Crippen LogP contribution in [0.15, 0.2) is 48.2 Å². The second kappa shape index (κ2) is 17.9. The Balaban J connectivity index is 1.41. The van der Waals surface area contributed by atoms with Gasteiger partial charge in [-0.1, -0.05) is 23.4 Å². The van der Waals surface area contributed by atoms with Gasteiger partial charge < -0.3 is 33.9 Å². The van der Waals surface area contributed by atoms with Gasteiger partial charge in [0, 0.05) is 46.7 Å². The molecule has 1 N–H and O–H groups in total. The predicted octanol–water partition coefficient (Wildman–Crippen LogP) is 3.41. The van der Waals surface area contributed by atoms with Gasteiger partial charge in [0.05, 0.1) is 19.3 Å². The normalized spacial score (nSPS) is 15.1. The Bertz CT molecular complexity index is 1730. The number of hydrogen-bond donors (Lipinski definition) is 1. The van der Waals surface area contributed by atoms with Crippen LogP contribution in [0.4, 0.5) is 5.69 Å². The predicted molar refractivity (Wildman–Crippen MR) is 180 cm³/mol. The molecule has 0 bridgehead atoms. The third kappa shape index (κ3) is 10.8. The van der Waals surface area contributed by atoms with E-state index in [1.54, 1.807) is 6.92 Å². The van der Waals surface area contributed by atoms with Crippen molar-refractivity contribution in [1.29, 1.82) is 5.26 Å². The van der Waals surface area contributed by atoms with E-state index in [4.69, 9.17) is 23.7 Å². The van der Waals surface area contributed by atoms with E-state index >= 15 is 0 Å². The maximum atomic E-state index is 13.0. The lowest BCUT2D eigenvalue weighted by Crippen LogP contribution is -2.44. The van der Waals surface area contributed by atoms with Crippen molar-refractivity contribution in [2.75, 3.05) is 25.1 Å². The van der Waals surface area contributed by atoms with Crippen LogP contribution in [0.5, 0.6) is 0 Å². The van der Waals surface area contributed by atoms with E-state index in [0.29, 0.717) is 11.3 Å². The highest BCUT2D eigenvalue weighted by molar-refractivity contribution is 6.02. The molecule has 1 aliphatic rings. The molecule has 2 heterocycles. The second-order valence-corrected chi connectivity index (χ2v) is 11.8. The van der Waals surface area contributed by atoms with E-state index in [9.17, 15) is 24.4 Å². The summed E-state index contributed by atoms with van der Waals surface area (Å²) in [7, 11) is 1.25. The number of esters is 3. The first-order valence-corrected chi connectivity index (χ1v) is 16.2.